The zero-order chi connectivity index (χ0) is 13.1. The van der Waals surface area contributed by atoms with E-state index in [0.29, 0.717) is 0 Å². The molecule has 1 rings (SSSR count). The van der Waals surface area contributed by atoms with Crippen molar-refractivity contribution < 1.29 is 4.79 Å². The molecule has 0 saturated heterocycles. The summed E-state index contributed by atoms with van der Waals surface area (Å²) in [6, 6.07) is 8.36. The van der Waals surface area contributed by atoms with Gasteiger partial charge in [0.2, 0.25) is 5.91 Å². The van der Waals surface area contributed by atoms with E-state index in [1.807, 2.05) is 27.7 Å². The molecule has 94 valence electrons. The number of carbonyl (C=O) groups excluding carboxylic acids is 1. The second-order valence-corrected chi connectivity index (χ2v) is 6.10. The topological polar surface area (TPSA) is 29.1 Å². The number of hydrogen-bond acceptors (Lipinski definition) is 2. The standard InChI is InChI=1S/C14H21NOS/c1-10(15-13(16)14(2,3)4)11-6-8-12(17-5)9-7-11/h6-10H,1-5H3,(H,15,16). The summed E-state index contributed by atoms with van der Waals surface area (Å²) in [5.41, 5.74) is 0.799. The number of nitrogens with one attached hydrogen (secondary N) is 1. The Bertz CT molecular complexity index is 378. The quantitative estimate of drug-likeness (QED) is 0.831. The molecule has 0 bridgehead atoms. The molecule has 0 heterocycles. The largest absolute Gasteiger partial charge is 0.349 e. The Kier molecular flexibility index (Phi) is 4.63. The summed E-state index contributed by atoms with van der Waals surface area (Å²) in [6.07, 6.45) is 2.06. The van der Waals surface area contributed by atoms with Crippen LogP contribution in [0.4, 0.5) is 0 Å². The van der Waals surface area contributed by atoms with Crippen molar-refractivity contribution in [2.24, 2.45) is 5.41 Å². The highest BCUT2D eigenvalue weighted by molar-refractivity contribution is 7.98. The van der Waals surface area contributed by atoms with Gasteiger partial charge in [-0.05, 0) is 30.9 Å². The van der Waals surface area contributed by atoms with Gasteiger partial charge in [-0.15, -0.1) is 11.8 Å². The van der Waals surface area contributed by atoms with Gasteiger partial charge in [0.05, 0.1) is 6.04 Å². The van der Waals surface area contributed by atoms with E-state index in [1.165, 1.54) is 4.90 Å². The maximum atomic E-state index is 11.9. The van der Waals surface area contributed by atoms with Crippen LogP contribution in [-0.2, 0) is 4.79 Å². The van der Waals surface area contributed by atoms with Gasteiger partial charge < -0.3 is 5.32 Å². The van der Waals surface area contributed by atoms with Crippen molar-refractivity contribution >= 4 is 17.7 Å². The monoisotopic (exact) mass is 251 g/mol. The van der Waals surface area contributed by atoms with Crippen molar-refractivity contribution in [1.82, 2.24) is 5.32 Å². The number of amides is 1. The third-order valence-electron chi connectivity index (χ3n) is 2.64. The van der Waals surface area contributed by atoms with Gasteiger partial charge in [-0.3, -0.25) is 4.79 Å². The lowest BCUT2D eigenvalue weighted by Crippen LogP contribution is -2.36. The molecule has 0 fully saturated rings. The molecule has 0 saturated carbocycles. The van der Waals surface area contributed by atoms with Crippen molar-refractivity contribution in [2.45, 2.75) is 38.6 Å². The smallest absolute Gasteiger partial charge is 0.225 e. The molecule has 0 radical (unpaired) electrons. The fraction of sp³-hybridized carbons (Fsp3) is 0.500. The summed E-state index contributed by atoms with van der Waals surface area (Å²) in [5, 5.41) is 3.03. The molecule has 1 unspecified atom stereocenters. The summed E-state index contributed by atoms with van der Waals surface area (Å²) >= 11 is 1.72. The van der Waals surface area contributed by atoms with Crippen molar-refractivity contribution in [3.05, 3.63) is 29.8 Å². The molecule has 0 aliphatic rings. The summed E-state index contributed by atoms with van der Waals surface area (Å²) in [5.74, 6) is 0.0824. The highest BCUT2D eigenvalue weighted by atomic mass is 32.2. The lowest BCUT2D eigenvalue weighted by atomic mass is 9.95. The van der Waals surface area contributed by atoms with Gasteiger partial charge in [0.1, 0.15) is 0 Å². The molecule has 2 nitrogen and oxygen atoms in total. The maximum absolute atomic E-state index is 11.9. The molecule has 1 atom stereocenters. The van der Waals surface area contributed by atoms with Crippen molar-refractivity contribution in [3.63, 3.8) is 0 Å². The van der Waals surface area contributed by atoms with Gasteiger partial charge in [0.25, 0.3) is 0 Å². The van der Waals surface area contributed by atoms with Crippen LogP contribution in [-0.4, -0.2) is 12.2 Å². The molecule has 1 aromatic rings. The molecule has 3 heteroatoms. The van der Waals surface area contributed by atoms with Gasteiger partial charge in [-0.2, -0.15) is 0 Å². The second-order valence-electron chi connectivity index (χ2n) is 5.22. The van der Waals surface area contributed by atoms with Crippen molar-refractivity contribution in [2.75, 3.05) is 6.26 Å². The Morgan fingerprint density at radius 3 is 2.18 bits per heavy atom. The molecule has 1 N–H and O–H groups in total. The maximum Gasteiger partial charge on any atom is 0.225 e. The molecular weight excluding hydrogens is 230 g/mol. The van der Waals surface area contributed by atoms with Crippen LogP contribution in [0, 0.1) is 5.41 Å². The average molecular weight is 251 g/mol. The van der Waals surface area contributed by atoms with E-state index < -0.39 is 0 Å². The number of benzene rings is 1. The summed E-state index contributed by atoms with van der Waals surface area (Å²) < 4.78 is 0. The minimum atomic E-state index is -0.340. The molecular formula is C14H21NOS. The van der Waals surface area contributed by atoms with Crippen LogP contribution in [0.2, 0.25) is 0 Å². The van der Waals surface area contributed by atoms with Crippen LogP contribution in [0.15, 0.2) is 29.2 Å². The Hall–Kier alpha value is -0.960. The first kappa shape index (κ1) is 14.1. The molecule has 1 amide bonds. The Balaban J connectivity index is 2.70. The summed E-state index contributed by atoms with van der Waals surface area (Å²) in [6.45, 7) is 7.78. The van der Waals surface area contributed by atoms with E-state index in [9.17, 15) is 4.79 Å². The van der Waals surface area contributed by atoms with Crippen molar-refractivity contribution in [1.29, 1.82) is 0 Å². The van der Waals surface area contributed by atoms with Gasteiger partial charge in [-0.25, -0.2) is 0 Å². The zero-order valence-electron chi connectivity index (χ0n) is 11.2. The summed E-state index contributed by atoms with van der Waals surface area (Å²) in [4.78, 5) is 13.1. The zero-order valence-corrected chi connectivity index (χ0v) is 12.0. The third kappa shape index (κ3) is 4.08. The van der Waals surface area contributed by atoms with E-state index in [-0.39, 0.29) is 17.4 Å². The SMILES string of the molecule is CSc1ccc(C(C)NC(=O)C(C)(C)C)cc1. The lowest BCUT2D eigenvalue weighted by molar-refractivity contribution is -0.129. The van der Waals surface area contributed by atoms with E-state index in [4.69, 9.17) is 0 Å². The first-order valence-corrected chi connectivity index (χ1v) is 7.02. The molecule has 0 spiro atoms. The lowest BCUT2D eigenvalue weighted by Gasteiger charge is -2.22. The van der Waals surface area contributed by atoms with Crippen LogP contribution < -0.4 is 5.32 Å². The van der Waals surface area contributed by atoms with Crippen LogP contribution in [0.3, 0.4) is 0 Å². The molecule has 1 aromatic carbocycles. The number of hydrogen-bond donors (Lipinski definition) is 1. The molecule has 0 aliphatic carbocycles. The number of carbonyl (C=O) groups is 1. The van der Waals surface area contributed by atoms with E-state index >= 15 is 0 Å². The predicted octanol–water partition coefficient (Wildman–Crippen LogP) is 3.63. The second kappa shape index (κ2) is 5.58. The molecule has 17 heavy (non-hydrogen) atoms. The van der Waals surface area contributed by atoms with Gasteiger partial charge in [0.15, 0.2) is 0 Å². The van der Waals surface area contributed by atoms with E-state index in [0.717, 1.165) is 5.56 Å². The molecule has 0 aromatic heterocycles. The predicted molar refractivity (Wildman–Crippen MR) is 74.2 cm³/mol. The Morgan fingerprint density at radius 2 is 1.76 bits per heavy atom. The Labute approximate surface area is 108 Å². The Morgan fingerprint density at radius 1 is 1.24 bits per heavy atom. The number of thioether (sulfide) groups is 1. The molecule has 0 aliphatic heterocycles. The van der Waals surface area contributed by atoms with Crippen LogP contribution >= 0.6 is 11.8 Å². The fourth-order valence-electron chi connectivity index (χ4n) is 1.39. The first-order chi connectivity index (χ1) is 7.84. The summed E-state index contributed by atoms with van der Waals surface area (Å²) in [7, 11) is 0. The highest BCUT2D eigenvalue weighted by Crippen LogP contribution is 2.20. The minimum Gasteiger partial charge on any atom is -0.349 e. The van der Waals surface area contributed by atoms with E-state index in [2.05, 4.69) is 35.8 Å². The van der Waals surface area contributed by atoms with Crippen LogP contribution in [0.25, 0.3) is 0 Å². The minimum absolute atomic E-state index is 0.0534. The first-order valence-electron chi connectivity index (χ1n) is 5.79. The third-order valence-corrected chi connectivity index (χ3v) is 3.39. The van der Waals surface area contributed by atoms with Gasteiger partial charge >= 0.3 is 0 Å². The normalized spacial score (nSPS) is 13.2. The highest BCUT2D eigenvalue weighted by Gasteiger charge is 2.22. The van der Waals surface area contributed by atoms with Crippen molar-refractivity contribution in [3.8, 4) is 0 Å². The average Bonchev–Trinajstić information content (AvgIpc) is 2.27. The van der Waals surface area contributed by atoms with Crippen LogP contribution in [0.5, 0.6) is 0 Å². The fourth-order valence-corrected chi connectivity index (χ4v) is 1.80. The number of rotatable bonds is 3. The van der Waals surface area contributed by atoms with Crippen LogP contribution in [0.1, 0.15) is 39.3 Å². The van der Waals surface area contributed by atoms with Gasteiger partial charge in [-0.1, -0.05) is 32.9 Å². The van der Waals surface area contributed by atoms with E-state index in [1.54, 1.807) is 11.8 Å². The van der Waals surface area contributed by atoms with Gasteiger partial charge in [0, 0.05) is 10.3 Å².